The first-order valence-electron chi connectivity index (χ1n) is 25.1. The van der Waals surface area contributed by atoms with Gasteiger partial charge in [0.1, 0.15) is 23.0 Å². The molecule has 0 aliphatic carbocycles. The Balaban J connectivity index is 0.000000139. The number of nitrogens with one attached hydrogen (secondary N) is 6. The molecule has 76 heavy (non-hydrogen) atoms. The van der Waals surface area contributed by atoms with Gasteiger partial charge in [-0.05, 0) is 168 Å². The number of nitrogens with zero attached hydrogens (tertiary/aromatic N) is 2. The highest BCUT2D eigenvalue weighted by molar-refractivity contribution is 6.31. The van der Waals surface area contributed by atoms with Gasteiger partial charge in [0.05, 0.1) is 34.1 Å². The van der Waals surface area contributed by atoms with E-state index >= 15 is 0 Å². The topological polar surface area (TPSA) is 214 Å². The van der Waals surface area contributed by atoms with E-state index in [0.29, 0.717) is 11.4 Å². The van der Waals surface area contributed by atoms with Crippen LogP contribution < -0.4 is 35.3 Å². The zero-order valence-corrected chi connectivity index (χ0v) is 46.2. The van der Waals surface area contributed by atoms with Crippen LogP contribution in [-0.2, 0) is 36.1 Å². The molecule has 1 spiro atoms. The molecule has 0 saturated heterocycles. The third-order valence-electron chi connectivity index (χ3n) is 13.8. The number of carbonyl (C=O) groups is 1. The molecular formula is C59H70ClN9O7. The van der Waals surface area contributed by atoms with Crippen molar-refractivity contribution < 1.29 is 28.7 Å². The average molecular weight is 1050 g/mol. The van der Waals surface area contributed by atoms with E-state index in [1.54, 1.807) is 48.4 Å². The first-order chi connectivity index (χ1) is 36.0. The molecule has 1 amide bonds. The second-order valence-electron chi connectivity index (χ2n) is 21.8. The number of hydrogen-bond acceptors (Lipinski definition) is 10. The summed E-state index contributed by atoms with van der Waals surface area (Å²) in [7, 11) is 10.8. The average Bonchev–Trinajstić information content (AvgIpc) is 4.30. The molecule has 6 heterocycles. The van der Waals surface area contributed by atoms with E-state index in [-0.39, 0.29) is 21.9 Å². The Bertz CT molecular complexity index is 3560. The summed E-state index contributed by atoms with van der Waals surface area (Å²) in [5, 5.41) is 22.7. The fourth-order valence-electron chi connectivity index (χ4n) is 10.2. The van der Waals surface area contributed by atoms with Crippen LogP contribution in [0.25, 0.3) is 43.6 Å². The van der Waals surface area contributed by atoms with Gasteiger partial charge in [-0.25, -0.2) is 0 Å². The first-order valence-corrected chi connectivity index (χ1v) is 25.5. The van der Waals surface area contributed by atoms with Crippen LogP contribution in [0.5, 0.6) is 23.0 Å². The minimum atomic E-state index is -0.996. The molecule has 0 bridgehead atoms. The number of hydrogen-bond donors (Lipinski definition) is 7. The van der Waals surface area contributed by atoms with Crippen molar-refractivity contribution in [1.29, 1.82) is 0 Å². The highest BCUT2D eigenvalue weighted by Gasteiger charge is 2.55. The van der Waals surface area contributed by atoms with Gasteiger partial charge >= 0.3 is 0 Å². The van der Waals surface area contributed by atoms with Crippen LogP contribution in [0.4, 0.5) is 5.69 Å². The summed E-state index contributed by atoms with van der Waals surface area (Å²) in [6.45, 7) is 12.5. The molecule has 16 nitrogen and oxygen atoms in total. The van der Waals surface area contributed by atoms with Crippen LogP contribution in [0.1, 0.15) is 75.1 Å². The SMILES string of the molecule is COc1ccc2[nH]c3c(c2c1)CC(C)(C)NC31C(=O)Nc2ccc(Cl)cc21.COc1ccc2[nH]cc(CC(C)(C)N)c2c1.COc1ccc2[nH]cc(CC(C)(C)[N+](=O)[O-])c2c1.COc1ccc2[nH]cc(CN(C)C)c2c1. The summed E-state index contributed by atoms with van der Waals surface area (Å²) < 4.78 is 21.1. The summed E-state index contributed by atoms with van der Waals surface area (Å²) in [6, 6.07) is 29.3. The molecule has 11 rings (SSSR count). The molecule has 1 atom stereocenters. The van der Waals surface area contributed by atoms with Crippen molar-refractivity contribution in [3.63, 3.8) is 0 Å². The van der Waals surface area contributed by atoms with Crippen molar-refractivity contribution in [2.45, 2.75) is 89.5 Å². The Morgan fingerprint density at radius 3 is 1.61 bits per heavy atom. The first kappa shape index (κ1) is 54.8. The number of benzene rings is 5. The van der Waals surface area contributed by atoms with E-state index in [0.717, 1.165) is 103 Å². The van der Waals surface area contributed by atoms with Gasteiger partial charge in [-0.1, -0.05) is 11.6 Å². The summed E-state index contributed by atoms with van der Waals surface area (Å²) in [4.78, 5) is 39.3. The van der Waals surface area contributed by atoms with Crippen LogP contribution >= 0.6 is 11.6 Å². The molecule has 0 radical (unpaired) electrons. The Morgan fingerprint density at radius 2 is 1.13 bits per heavy atom. The molecule has 400 valence electrons. The molecule has 2 aliphatic rings. The summed E-state index contributed by atoms with van der Waals surface area (Å²) >= 11 is 6.30. The number of nitro groups is 1. The number of H-pyrrole nitrogens is 4. The van der Waals surface area contributed by atoms with E-state index < -0.39 is 11.1 Å². The van der Waals surface area contributed by atoms with Crippen LogP contribution in [0.15, 0.2) is 110 Å². The molecular weight excluding hydrogens is 982 g/mol. The maximum absolute atomic E-state index is 13.3. The lowest BCUT2D eigenvalue weighted by Crippen LogP contribution is -2.61. The molecule has 5 aromatic carbocycles. The minimum absolute atomic E-state index is 0.0905. The Kier molecular flexibility index (Phi) is 15.6. The number of ether oxygens (including phenoxy) is 4. The normalized spacial score (nSPS) is 15.5. The van der Waals surface area contributed by atoms with Gasteiger partial charge in [-0.15, -0.1) is 0 Å². The number of rotatable bonds is 11. The van der Waals surface area contributed by atoms with E-state index in [1.165, 1.54) is 21.9 Å². The van der Waals surface area contributed by atoms with Crippen molar-refractivity contribution in [1.82, 2.24) is 30.2 Å². The zero-order valence-electron chi connectivity index (χ0n) is 45.4. The number of amides is 1. The van der Waals surface area contributed by atoms with Gasteiger partial charge in [0.2, 0.25) is 5.54 Å². The maximum atomic E-state index is 13.3. The van der Waals surface area contributed by atoms with Gasteiger partial charge in [0, 0.05) is 121 Å². The van der Waals surface area contributed by atoms with E-state index in [4.69, 9.17) is 36.3 Å². The Morgan fingerprint density at radius 1 is 0.671 bits per heavy atom. The highest BCUT2D eigenvalue weighted by Crippen LogP contribution is 2.49. The van der Waals surface area contributed by atoms with Gasteiger partial charge in [0.25, 0.3) is 5.91 Å². The second-order valence-corrected chi connectivity index (χ2v) is 22.2. The van der Waals surface area contributed by atoms with Crippen LogP contribution in [0.2, 0.25) is 5.02 Å². The number of fused-ring (bicyclic) bond motifs is 9. The number of anilines is 1. The molecule has 17 heteroatoms. The Labute approximate surface area is 448 Å². The van der Waals surface area contributed by atoms with Crippen LogP contribution in [0.3, 0.4) is 0 Å². The third kappa shape index (κ3) is 11.5. The lowest BCUT2D eigenvalue weighted by Gasteiger charge is -2.43. The van der Waals surface area contributed by atoms with Crippen molar-refractivity contribution in [2.75, 3.05) is 47.9 Å². The van der Waals surface area contributed by atoms with Gasteiger partial charge in [-0.2, -0.15) is 0 Å². The number of methoxy groups -OCH3 is 4. The largest absolute Gasteiger partial charge is 0.497 e. The van der Waals surface area contributed by atoms with E-state index in [2.05, 4.69) is 75.7 Å². The fourth-order valence-corrected chi connectivity index (χ4v) is 10.4. The van der Waals surface area contributed by atoms with Gasteiger partial charge in [-0.3, -0.25) is 20.2 Å². The van der Waals surface area contributed by atoms with Crippen molar-refractivity contribution in [2.24, 2.45) is 5.73 Å². The van der Waals surface area contributed by atoms with Crippen LogP contribution in [-0.4, -0.2) is 94.8 Å². The van der Waals surface area contributed by atoms with Crippen molar-refractivity contribution >= 4 is 66.8 Å². The van der Waals surface area contributed by atoms with Gasteiger partial charge in [0.15, 0.2) is 5.54 Å². The molecule has 1 unspecified atom stereocenters. The standard InChI is InChI=1S/C21H20ClN3O2.C13H16N2O3.C13H18N2O.C12H16N2O/c1-20(2)10-14-13-9-12(27-3)5-7-16(13)23-18(14)21(25-20)15-8-11(22)4-6-17(15)24-19(21)26;1-13(2,15(16)17)7-9-8-14-12-5-4-10(18-3)6-11(9)12;1-13(2,14)7-9-8-15-12-5-4-10(16-3)6-11(9)12;1-14(2)8-9-7-13-12-5-4-10(15-3)6-11(9)12/h4-9,23,25H,10H2,1-3H3,(H,24,26);4-6,8,14H,7H2,1-3H3;4-6,8,15H,7,14H2,1-3H3;4-7,13H,8H2,1-3H3. The summed E-state index contributed by atoms with van der Waals surface area (Å²) in [5.74, 6) is 3.24. The lowest BCUT2D eigenvalue weighted by atomic mass is 9.76. The molecule has 9 aromatic rings. The molecule has 4 aromatic heterocycles. The molecule has 8 N–H and O–H groups in total. The number of aromatic nitrogens is 4. The number of halogens is 1. The second kappa shape index (κ2) is 21.6. The molecule has 2 aliphatic heterocycles. The monoisotopic (exact) mass is 1050 g/mol. The predicted octanol–water partition coefficient (Wildman–Crippen LogP) is 11.4. The quantitative estimate of drug-likeness (QED) is 0.0481. The highest BCUT2D eigenvalue weighted by atomic mass is 35.5. The maximum Gasteiger partial charge on any atom is 0.255 e. The van der Waals surface area contributed by atoms with Gasteiger partial charge < -0.3 is 54.8 Å². The molecule has 0 fully saturated rings. The number of nitrogens with two attached hydrogens (primary N) is 1. The number of aromatic amines is 4. The Hall–Kier alpha value is -7.50. The fraction of sp³-hybridized carbons (Fsp3) is 0.339. The van der Waals surface area contributed by atoms with Crippen molar-refractivity contribution in [3.05, 3.63) is 158 Å². The molecule has 0 saturated carbocycles. The smallest absolute Gasteiger partial charge is 0.255 e. The number of carbonyl (C=O) groups excluding carboxylic acids is 1. The minimum Gasteiger partial charge on any atom is -0.497 e. The summed E-state index contributed by atoms with van der Waals surface area (Å²) in [6.07, 6.45) is 7.94. The van der Waals surface area contributed by atoms with E-state index in [1.807, 2.05) is 105 Å². The lowest BCUT2D eigenvalue weighted by molar-refractivity contribution is -0.560. The van der Waals surface area contributed by atoms with Crippen LogP contribution in [0, 0.1) is 10.1 Å². The zero-order chi connectivity index (χ0) is 54.9. The van der Waals surface area contributed by atoms with E-state index in [9.17, 15) is 14.9 Å². The predicted molar refractivity (Wildman–Crippen MR) is 305 cm³/mol. The van der Waals surface area contributed by atoms with Crippen molar-refractivity contribution in [3.8, 4) is 23.0 Å². The third-order valence-corrected chi connectivity index (χ3v) is 14.0. The summed E-state index contributed by atoms with van der Waals surface area (Å²) in [5.41, 5.74) is 15.0.